The molecule has 0 radical (unpaired) electrons. The van der Waals surface area contributed by atoms with E-state index < -0.39 is 0 Å². The Balaban J connectivity index is 1.62. The topological polar surface area (TPSA) is 67.2 Å². The Hall–Kier alpha value is -1.01. The molecule has 20 heavy (non-hydrogen) atoms. The highest BCUT2D eigenvalue weighted by Gasteiger charge is 2.14. The Morgan fingerprint density at radius 2 is 2.40 bits per heavy atom. The van der Waals surface area contributed by atoms with Crippen LogP contribution in [-0.2, 0) is 10.5 Å². The van der Waals surface area contributed by atoms with Gasteiger partial charge in [0, 0.05) is 17.9 Å². The van der Waals surface area contributed by atoms with E-state index in [-0.39, 0.29) is 5.91 Å². The van der Waals surface area contributed by atoms with Crippen molar-refractivity contribution in [1.82, 2.24) is 15.8 Å². The number of aromatic nitrogens is 1. The summed E-state index contributed by atoms with van der Waals surface area (Å²) in [6.07, 6.45) is 2.42. The fraction of sp³-hybridized carbons (Fsp3) is 0.714. The summed E-state index contributed by atoms with van der Waals surface area (Å²) < 4.78 is 5.11. The van der Waals surface area contributed by atoms with Crippen LogP contribution in [0.25, 0.3) is 0 Å². The molecule has 0 aliphatic carbocycles. The highest BCUT2D eigenvalue weighted by atomic mass is 32.2. The van der Waals surface area contributed by atoms with Gasteiger partial charge in [-0.25, -0.2) is 0 Å². The smallest absolute Gasteiger partial charge is 0.230 e. The van der Waals surface area contributed by atoms with Crippen LogP contribution in [-0.4, -0.2) is 36.5 Å². The lowest BCUT2D eigenvalue weighted by Crippen LogP contribution is -2.38. The summed E-state index contributed by atoms with van der Waals surface area (Å²) in [6.45, 7) is 6.76. The molecule has 1 fully saturated rings. The fourth-order valence-electron chi connectivity index (χ4n) is 2.36. The first-order valence-corrected chi connectivity index (χ1v) is 8.29. The minimum absolute atomic E-state index is 0.118. The van der Waals surface area contributed by atoms with E-state index in [1.54, 1.807) is 11.8 Å². The summed E-state index contributed by atoms with van der Waals surface area (Å²) in [5, 5.41) is 10.3. The number of aryl methyl sites for hydroxylation is 2. The molecule has 1 atom stereocenters. The molecule has 1 aliphatic heterocycles. The molecule has 2 heterocycles. The van der Waals surface area contributed by atoms with Crippen molar-refractivity contribution < 1.29 is 9.32 Å². The first-order chi connectivity index (χ1) is 9.66. The van der Waals surface area contributed by atoms with Gasteiger partial charge in [-0.2, -0.15) is 0 Å². The van der Waals surface area contributed by atoms with Gasteiger partial charge in [-0.3, -0.25) is 4.79 Å². The standard InChI is InChI=1S/C14H23N3O2S/c1-10-13(11(2)19-17-10)8-20-9-14(18)16-7-12-4-3-5-15-6-12/h12,15H,3-9H2,1-2H3,(H,16,18). The zero-order valence-corrected chi connectivity index (χ0v) is 13.0. The van der Waals surface area contributed by atoms with Gasteiger partial charge >= 0.3 is 0 Å². The number of carbonyl (C=O) groups excluding carboxylic acids is 1. The molecule has 0 bridgehead atoms. The second kappa shape index (κ2) is 7.69. The SMILES string of the molecule is Cc1noc(C)c1CSCC(=O)NCC1CCCNC1. The van der Waals surface area contributed by atoms with Crippen molar-refractivity contribution >= 4 is 17.7 Å². The van der Waals surface area contributed by atoms with Gasteiger partial charge < -0.3 is 15.2 Å². The molecule has 112 valence electrons. The number of carbonyl (C=O) groups is 1. The van der Waals surface area contributed by atoms with Crippen LogP contribution in [0.4, 0.5) is 0 Å². The summed E-state index contributed by atoms with van der Waals surface area (Å²) >= 11 is 1.61. The van der Waals surface area contributed by atoms with Crippen molar-refractivity contribution in [3.8, 4) is 0 Å². The first kappa shape index (κ1) is 15.4. The van der Waals surface area contributed by atoms with Crippen molar-refractivity contribution in [3.63, 3.8) is 0 Å². The monoisotopic (exact) mass is 297 g/mol. The molecule has 2 N–H and O–H groups in total. The third-order valence-electron chi connectivity index (χ3n) is 3.65. The van der Waals surface area contributed by atoms with Crippen molar-refractivity contribution in [2.24, 2.45) is 5.92 Å². The quantitative estimate of drug-likeness (QED) is 0.835. The van der Waals surface area contributed by atoms with Gasteiger partial charge in [-0.05, 0) is 45.7 Å². The molecular formula is C14H23N3O2S. The van der Waals surface area contributed by atoms with E-state index in [1.807, 2.05) is 13.8 Å². The van der Waals surface area contributed by atoms with Crippen LogP contribution < -0.4 is 10.6 Å². The lowest BCUT2D eigenvalue weighted by atomic mass is 10.00. The van der Waals surface area contributed by atoms with Crippen molar-refractivity contribution in [1.29, 1.82) is 0 Å². The van der Waals surface area contributed by atoms with Gasteiger partial charge in [0.25, 0.3) is 0 Å². The van der Waals surface area contributed by atoms with Crippen LogP contribution in [0.1, 0.15) is 29.9 Å². The van der Waals surface area contributed by atoms with Crippen LogP contribution in [0.15, 0.2) is 4.52 Å². The first-order valence-electron chi connectivity index (χ1n) is 7.13. The minimum atomic E-state index is 0.118. The minimum Gasteiger partial charge on any atom is -0.361 e. The molecule has 1 aromatic rings. The maximum Gasteiger partial charge on any atom is 0.230 e. The lowest BCUT2D eigenvalue weighted by molar-refractivity contribution is -0.118. The molecular weight excluding hydrogens is 274 g/mol. The predicted molar refractivity (Wildman–Crippen MR) is 80.7 cm³/mol. The Morgan fingerprint density at radius 3 is 3.05 bits per heavy atom. The van der Waals surface area contributed by atoms with Crippen LogP contribution >= 0.6 is 11.8 Å². The van der Waals surface area contributed by atoms with Crippen molar-refractivity contribution in [3.05, 3.63) is 17.0 Å². The molecule has 5 nitrogen and oxygen atoms in total. The molecule has 1 unspecified atom stereocenters. The van der Waals surface area contributed by atoms with Crippen LogP contribution in [0.2, 0.25) is 0 Å². The summed E-state index contributed by atoms with van der Waals surface area (Å²) in [5.41, 5.74) is 2.03. The number of amides is 1. The van der Waals surface area contributed by atoms with Crippen molar-refractivity contribution in [2.45, 2.75) is 32.4 Å². The van der Waals surface area contributed by atoms with Crippen molar-refractivity contribution in [2.75, 3.05) is 25.4 Å². The average Bonchev–Trinajstić information content (AvgIpc) is 2.78. The summed E-state index contributed by atoms with van der Waals surface area (Å²) in [7, 11) is 0. The van der Waals surface area contributed by atoms with E-state index in [9.17, 15) is 4.79 Å². The number of piperidine rings is 1. The molecule has 2 rings (SSSR count). The average molecular weight is 297 g/mol. The summed E-state index contributed by atoms with van der Waals surface area (Å²) in [4.78, 5) is 11.8. The van der Waals surface area contributed by atoms with E-state index in [0.29, 0.717) is 11.7 Å². The Morgan fingerprint density at radius 1 is 1.55 bits per heavy atom. The predicted octanol–water partition coefficient (Wildman–Crippen LogP) is 1.64. The van der Waals surface area contributed by atoms with E-state index in [0.717, 1.165) is 42.4 Å². The third-order valence-corrected chi connectivity index (χ3v) is 4.61. The number of hydrogen-bond donors (Lipinski definition) is 2. The molecule has 0 spiro atoms. The zero-order chi connectivity index (χ0) is 14.4. The molecule has 6 heteroatoms. The number of nitrogens with zero attached hydrogens (tertiary/aromatic N) is 1. The third kappa shape index (κ3) is 4.52. The zero-order valence-electron chi connectivity index (χ0n) is 12.2. The largest absolute Gasteiger partial charge is 0.361 e. The molecule has 1 aliphatic rings. The van der Waals surface area contributed by atoms with E-state index in [4.69, 9.17) is 4.52 Å². The van der Waals surface area contributed by atoms with Crippen LogP contribution in [0, 0.1) is 19.8 Å². The highest BCUT2D eigenvalue weighted by Crippen LogP contribution is 2.19. The molecule has 1 saturated heterocycles. The Kier molecular flexibility index (Phi) is 5.91. The van der Waals surface area contributed by atoms with E-state index in [1.165, 1.54) is 12.8 Å². The molecule has 1 aromatic heterocycles. The maximum absolute atomic E-state index is 11.8. The van der Waals surface area contributed by atoms with Crippen LogP contribution in [0.5, 0.6) is 0 Å². The number of nitrogens with one attached hydrogen (secondary N) is 2. The Bertz CT molecular complexity index is 422. The van der Waals surface area contributed by atoms with E-state index >= 15 is 0 Å². The van der Waals surface area contributed by atoms with Gasteiger partial charge in [-0.1, -0.05) is 5.16 Å². The molecule has 0 aromatic carbocycles. The number of thioether (sulfide) groups is 1. The summed E-state index contributed by atoms with van der Waals surface area (Å²) in [6, 6.07) is 0. The molecule has 1 amide bonds. The van der Waals surface area contributed by atoms with Gasteiger partial charge in [0.05, 0.1) is 11.4 Å². The fourth-order valence-corrected chi connectivity index (χ4v) is 3.37. The summed E-state index contributed by atoms with van der Waals surface area (Å²) in [5.74, 6) is 2.82. The van der Waals surface area contributed by atoms with Gasteiger partial charge in [0.1, 0.15) is 5.76 Å². The van der Waals surface area contributed by atoms with Gasteiger partial charge in [0.2, 0.25) is 5.91 Å². The number of rotatable bonds is 6. The highest BCUT2D eigenvalue weighted by molar-refractivity contribution is 7.99. The second-order valence-electron chi connectivity index (χ2n) is 5.31. The van der Waals surface area contributed by atoms with Gasteiger partial charge in [0.15, 0.2) is 0 Å². The normalized spacial score (nSPS) is 19.0. The van der Waals surface area contributed by atoms with Crippen LogP contribution in [0.3, 0.4) is 0 Å². The van der Waals surface area contributed by atoms with E-state index in [2.05, 4.69) is 15.8 Å². The number of hydrogen-bond acceptors (Lipinski definition) is 5. The maximum atomic E-state index is 11.8. The lowest BCUT2D eigenvalue weighted by Gasteiger charge is -2.22. The molecule has 0 saturated carbocycles. The Labute approximate surface area is 124 Å². The van der Waals surface area contributed by atoms with Gasteiger partial charge in [-0.15, -0.1) is 11.8 Å². The second-order valence-corrected chi connectivity index (χ2v) is 6.30.